The number of fused-ring (bicyclic) bond motifs is 1. The molecule has 20 heavy (non-hydrogen) atoms. The minimum atomic E-state index is 0.523. The molecule has 0 amide bonds. The molecule has 1 saturated carbocycles. The normalized spacial score (nSPS) is 23.4. The van der Waals surface area contributed by atoms with Crippen molar-refractivity contribution in [2.45, 2.75) is 45.1 Å². The molecule has 0 unspecified atom stereocenters. The van der Waals surface area contributed by atoms with Gasteiger partial charge in [0.25, 0.3) is 0 Å². The van der Waals surface area contributed by atoms with E-state index in [4.69, 9.17) is 28.2 Å². The summed E-state index contributed by atoms with van der Waals surface area (Å²) >= 11 is 12.4. The Morgan fingerprint density at radius 2 is 2.00 bits per heavy atom. The Bertz CT molecular complexity index is 598. The zero-order valence-corrected chi connectivity index (χ0v) is 13.3. The van der Waals surface area contributed by atoms with Crippen molar-refractivity contribution < 1.29 is 0 Å². The minimum absolute atomic E-state index is 0.523. The average molecular weight is 311 g/mol. The Hall–Kier alpha value is -0.730. The number of rotatable bonds is 3. The van der Waals surface area contributed by atoms with Gasteiger partial charge in [0.15, 0.2) is 0 Å². The first-order chi connectivity index (χ1) is 9.70. The molecule has 0 N–H and O–H groups in total. The number of imidazole rings is 1. The second kappa shape index (κ2) is 5.95. The molecule has 1 heterocycles. The maximum Gasteiger partial charge on any atom is 0.111 e. The Morgan fingerprint density at radius 3 is 2.70 bits per heavy atom. The van der Waals surface area contributed by atoms with Crippen LogP contribution >= 0.6 is 23.2 Å². The molecule has 0 bridgehead atoms. The Labute approximate surface area is 130 Å². The highest BCUT2D eigenvalue weighted by atomic mass is 35.5. The largest absolute Gasteiger partial charge is 0.324 e. The summed E-state index contributed by atoms with van der Waals surface area (Å²) in [5, 5.41) is 0.800. The van der Waals surface area contributed by atoms with E-state index in [0.29, 0.717) is 11.9 Å². The number of halogens is 2. The summed E-state index contributed by atoms with van der Waals surface area (Å²) in [6.45, 7) is 2.34. The maximum absolute atomic E-state index is 6.43. The monoisotopic (exact) mass is 310 g/mol. The lowest BCUT2D eigenvalue weighted by atomic mass is 9.87. The fourth-order valence-electron chi connectivity index (χ4n) is 3.31. The molecule has 108 valence electrons. The van der Waals surface area contributed by atoms with Gasteiger partial charge < -0.3 is 4.57 Å². The topological polar surface area (TPSA) is 17.8 Å². The standard InChI is InChI=1S/C16H20Cl2N2/c1-11-5-7-12(8-6-11)20-15(9-10-17)19-14-4-2-3-13(18)16(14)20/h2-4,11-12H,5-10H2,1H3. The van der Waals surface area contributed by atoms with Crippen LogP contribution in [0.15, 0.2) is 18.2 Å². The van der Waals surface area contributed by atoms with Gasteiger partial charge in [-0.2, -0.15) is 0 Å². The summed E-state index contributed by atoms with van der Waals surface area (Å²) in [5.74, 6) is 2.53. The lowest BCUT2D eigenvalue weighted by molar-refractivity contribution is 0.290. The van der Waals surface area contributed by atoms with Gasteiger partial charge in [0.05, 0.1) is 16.1 Å². The molecule has 1 fully saturated rings. The zero-order chi connectivity index (χ0) is 14.1. The number of hydrogen-bond donors (Lipinski definition) is 0. The summed E-state index contributed by atoms with van der Waals surface area (Å²) in [7, 11) is 0. The number of alkyl halides is 1. The lowest BCUT2D eigenvalue weighted by Crippen LogP contribution is -2.19. The van der Waals surface area contributed by atoms with Gasteiger partial charge in [-0.3, -0.25) is 0 Å². The molecule has 1 aliphatic rings. The summed E-state index contributed by atoms with van der Waals surface area (Å²) in [6, 6.07) is 6.49. The quantitative estimate of drug-likeness (QED) is 0.710. The van der Waals surface area contributed by atoms with E-state index in [0.717, 1.165) is 34.2 Å². The van der Waals surface area contributed by atoms with Crippen LogP contribution in [0.2, 0.25) is 5.02 Å². The molecule has 0 atom stereocenters. The van der Waals surface area contributed by atoms with Crippen LogP contribution in [0, 0.1) is 5.92 Å². The van der Waals surface area contributed by atoms with Crippen LogP contribution in [0.1, 0.15) is 44.5 Å². The third-order valence-electron chi connectivity index (χ3n) is 4.40. The highest BCUT2D eigenvalue weighted by molar-refractivity contribution is 6.35. The van der Waals surface area contributed by atoms with Crippen LogP contribution in [0.4, 0.5) is 0 Å². The summed E-state index contributed by atoms with van der Waals surface area (Å²) in [6.07, 6.45) is 5.81. The molecular formula is C16H20Cl2N2. The van der Waals surface area contributed by atoms with E-state index in [9.17, 15) is 0 Å². The SMILES string of the molecule is CC1CCC(n2c(CCCl)nc3cccc(Cl)c32)CC1. The highest BCUT2D eigenvalue weighted by Crippen LogP contribution is 2.37. The smallest absolute Gasteiger partial charge is 0.111 e. The van der Waals surface area contributed by atoms with Crippen LogP contribution in [0.5, 0.6) is 0 Å². The molecule has 1 aromatic heterocycles. The predicted molar refractivity (Wildman–Crippen MR) is 85.8 cm³/mol. The van der Waals surface area contributed by atoms with Crippen LogP contribution in [0.25, 0.3) is 11.0 Å². The van der Waals surface area contributed by atoms with Crippen molar-refractivity contribution in [1.82, 2.24) is 9.55 Å². The van der Waals surface area contributed by atoms with E-state index in [-0.39, 0.29) is 0 Å². The van der Waals surface area contributed by atoms with E-state index in [2.05, 4.69) is 11.5 Å². The third-order valence-corrected chi connectivity index (χ3v) is 4.90. The fraction of sp³-hybridized carbons (Fsp3) is 0.562. The van der Waals surface area contributed by atoms with Crippen molar-refractivity contribution >= 4 is 34.2 Å². The number of para-hydroxylation sites is 1. The van der Waals surface area contributed by atoms with E-state index in [1.54, 1.807) is 0 Å². The summed E-state index contributed by atoms with van der Waals surface area (Å²) in [5.41, 5.74) is 2.09. The molecule has 1 aliphatic carbocycles. The highest BCUT2D eigenvalue weighted by Gasteiger charge is 2.24. The number of aryl methyl sites for hydroxylation is 1. The van der Waals surface area contributed by atoms with Crippen LogP contribution in [0.3, 0.4) is 0 Å². The molecule has 0 aliphatic heterocycles. The van der Waals surface area contributed by atoms with E-state index in [1.807, 2.05) is 18.2 Å². The Morgan fingerprint density at radius 1 is 1.25 bits per heavy atom. The van der Waals surface area contributed by atoms with Crippen molar-refractivity contribution in [2.75, 3.05) is 5.88 Å². The number of aromatic nitrogens is 2. The molecule has 2 nitrogen and oxygen atoms in total. The minimum Gasteiger partial charge on any atom is -0.324 e. The Balaban J connectivity index is 2.08. The Kier molecular flexibility index (Phi) is 4.23. The zero-order valence-electron chi connectivity index (χ0n) is 11.8. The third kappa shape index (κ3) is 2.56. The molecule has 2 aromatic rings. The van der Waals surface area contributed by atoms with E-state index >= 15 is 0 Å². The van der Waals surface area contributed by atoms with Crippen molar-refractivity contribution in [2.24, 2.45) is 5.92 Å². The molecule has 1 aromatic carbocycles. The molecular weight excluding hydrogens is 291 g/mol. The molecule has 0 radical (unpaired) electrons. The van der Waals surface area contributed by atoms with Gasteiger partial charge in [-0.1, -0.05) is 24.6 Å². The van der Waals surface area contributed by atoms with Crippen molar-refractivity contribution in [3.05, 3.63) is 29.0 Å². The molecule has 3 rings (SSSR count). The summed E-state index contributed by atoms with van der Waals surface area (Å²) in [4.78, 5) is 4.75. The molecule has 0 spiro atoms. The first-order valence-electron chi connectivity index (χ1n) is 7.42. The van der Waals surface area contributed by atoms with Crippen molar-refractivity contribution in [1.29, 1.82) is 0 Å². The van der Waals surface area contributed by atoms with Gasteiger partial charge >= 0.3 is 0 Å². The van der Waals surface area contributed by atoms with Gasteiger partial charge in [-0.05, 0) is 43.7 Å². The predicted octanol–water partition coefficient (Wildman–Crippen LogP) is 5.22. The summed E-state index contributed by atoms with van der Waals surface area (Å²) < 4.78 is 2.37. The van der Waals surface area contributed by atoms with Gasteiger partial charge in [0, 0.05) is 18.3 Å². The van der Waals surface area contributed by atoms with E-state index in [1.165, 1.54) is 25.7 Å². The van der Waals surface area contributed by atoms with Crippen molar-refractivity contribution in [3.8, 4) is 0 Å². The van der Waals surface area contributed by atoms with Crippen LogP contribution < -0.4 is 0 Å². The lowest BCUT2D eigenvalue weighted by Gasteiger charge is -2.29. The second-order valence-corrected chi connectivity index (χ2v) is 6.64. The molecule has 4 heteroatoms. The number of benzene rings is 1. The van der Waals surface area contributed by atoms with Gasteiger partial charge in [-0.15, -0.1) is 11.6 Å². The van der Waals surface area contributed by atoms with Crippen molar-refractivity contribution in [3.63, 3.8) is 0 Å². The number of nitrogens with zero attached hydrogens (tertiary/aromatic N) is 2. The first-order valence-corrected chi connectivity index (χ1v) is 8.33. The fourth-order valence-corrected chi connectivity index (χ4v) is 3.74. The van der Waals surface area contributed by atoms with Gasteiger partial charge in [-0.25, -0.2) is 4.98 Å². The maximum atomic E-state index is 6.43. The van der Waals surface area contributed by atoms with E-state index < -0.39 is 0 Å². The molecule has 0 saturated heterocycles. The average Bonchev–Trinajstić information content (AvgIpc) is 2.80. The van der Waals surface area contributed by atoms with Gasteiger partial charge in [0.1, 0.15) is 5.82 Å². The second-order valence-electron chi connectivity index (χ2n) is 5.86. The van der Waals surface area contributed by atoms with Crippen LogP contribution in [-0.4, -0.2) is 15.4 Å². The van der Waals surface area contributed by atoms with Gasteiger partial charge in [0.2, 0.25) is 0 Å². The first kappa shape index (κ1) is 14.2. The van der Waals surface area contributed by atoms with Crippen LogP contribution in [-0.2, 0) is 6.42 Å². The number of hydrogen-bond acceptors (Lipinski definition) is 1.